The second-order valence-corrected chi connectivity index (χ2v) is 7.29. The molecule has 10 nitrogen and oxygen atoms in total. The van der Waals surface area contributed by atoms with Crippen LogP contribution in [-0.2, 0) is 14.3 Å². The number of nitrogens with zero attached hydrogens (tertiary/aromatic N) is 3. The molecule has 2 aromatic heterocycles. The minimum Gasteiger partial charge on any atom is -0.383 e. The van der Waals surface area contributed by atoms with Crippen molar-refractivity contribution in [1.29, 1.82) is 0 Å². The monoisotopic (exact) mass is 416 g/mol. The summed E-state index contributed by atoms with van der Waals surface area (Å²) in [5.74, 6) is 0.183. The summed E-state index contributed by atoms with van der Waals surface area (Å²) < 4.78 is 10.6. The number of hydrogen-bond acceptors (Lipinski definition) is 7. The van der Waals surface area contributed by atoms with Gasteiger partial charge in [0.15, 0.2) is 5.65 Å². The predicted molar refractivity (Wildman–Crippen MR) is 112 cm³/mol. The van der Waals surface area contributed by atoms with Crippen molar-refractivity contribution in [3.8, 4) is 0 Å². The molecule has 0 radical (unpaired) electrons. The van der Waals surface area contributed by atoms with Crippen LogP contribution >= 0.6 is 0 Å². The molecule has 0 saturated carbocycles. The van der Waals surface area contributed by atoms with Gasteiger partial charge in [-0.3, -0.25) is 9.59 Å². The molecule has 162 valence electrons. The van der Waals surface area contributed by atoms with E-state index in [1.54, 1.807) is 31.5 Å². The van der Waals surface area contributed by atoms with Gasteiger partial charge in [-0.1, -0.05) is 6.58 Å². The van der Waals surface area contributed by atoms with Gasteiger partial charge in [-0.15, -0.1) is 0 Å². The van der Waals surface area contributed by atoms with Crippen molar-refractivity contribution in [3.63, 3.8) is 0 Å². The first-order valence-corrected chi connectivity index (χ1v) is 9.81. The lowest BCUT2D eigenvalue weighted by Gasteiger charge is -2.37. The summed E-state index contributed by atoms with van der Waals surface area (Å²) in [5, 5.41) is 6.22. The molecule has 3 rings (SSSR count). The van der Waals surface area contributed by atoms with Crippen LogP contribution < -0.4 is 10.6 Å². The van der Waals surface area contributed by atoms with Gasteiger partial charge in [-0.25, -0.2) is 9.97 Å². The van der Waals surface area contributed by atoms with Crippen LogP contribution in [-0.4, -0.2) is 83.8 Å². The van der Waals surface area contributed by atoms with Crippen LogP contribution in [0.5, 0.6) is 0 Å². The smallest absolute Gasteiger partial charge is 0.255 e. The maximum atomic E-state index is 12.6. The number of piperidine rings is 1. The molecule has 30 heavy (non-hydrogen) atoms. The fourth-order valence-electron chi connectivity index (χ4n) is 3.57. The molecule has 0 aromatic carbocycles. The van der Waals surface area contributed by atoms with Crippen molar-refractivity contribution in [2.45, 2.75) is 31.5 Å². The molecule has 1 aliphatic heterocycles. The Bertz CT molecular complexity index is 914. The van der Waals surface area contributed by atoms with Crippen LogP contribution in [0.1, 0.15) is 23.7 Å². The van der Waals surface area contributed by atoms with Gasteiger partial charge in [0.2, 0.25) is 5.91 Å². The lowest BCUT2D eigenvalue weighted by molar-refractivity contribution is -0.129. The maximum absolute atomic E-state index is 12.6. The van der Waals surface area contributed by atoms with E-state index in [1.807, 2.05) is 6.92 Å². The van der Waals surface area contributed by atoms with Gasteiger partial charge < -0.3 is 30.0 Å². The van der Waals surface area contributed by atoms with E-state index in [1.165, 1.54) is 6.08 Å². The van der Waals surface area contributed by atoms with Gasteiger partial charge in [0, 0.05) is 39.5 Å². The third-order valence-electron chi connectivity index (χ3n) is 5.10. The first-order chi connectivity index (χ1) is 14.5. The number of ether oxygens (including phenoxy) is 2. The Morgan fingerprint density at radius 1 is 1.47 bits per heavy atom. The Labute approximate surface area is 175 Å². The molecule has 1 unspecified atom stereocenters. The lowest BCUT2D eigenvalue weighted by atomic mass is 10.0. The highest BCUT2D eigenvalue weighted by atomic mass is 16.5. The number of carbonyl (C=O) groups is 2. The van der Waals surface area contributed by atoms with Crippen molar-refractivity contribution < 1.29 is 19.1 Å². The summed E-state index contributed by atoms with van der Waals surface area (Å²) >= 11 is 0. The highest BCUT2D eigenvalue weighted by molar-refractivity contribution is 6.04. The number of H-pyrrole nitrogens is 1. The Hall–Kier alpha value is -2.98. The van der Waals surface area contributed by atoms with E-state index in [2.05, 4.69) is 32.2 Å². The Morgan fingerprint density at radius 2 is 2.27 bits per heavy atom. The first-order valence-electron chi connectivity index (χ1n) is 9.81. The summed E-state index contributed by atoms with van der Waals surface area (Å²) in [6.07, 6.45) is 5.01. The van der Waals surface area contributed by atoms with Crippen molar-refractivity contribution in [2.24, 2.45) is 0 Å². The molecule has 1 aliphatic rings. The normalized spacial score (nSPS) is 20.0. The molecule has 2 amide bonds. The van der Waals surface area contributed by atoms with Crippen LogP contribution in [0.2, 0.25) is 0 Å². The second kappa shape index (κ2) is 9.68. The summed E-state index contributed by atoms with van der Waals surface area (Å²) in [7, 11) is 3.20. The zero-order valence-electron chi connectivity index (χ0n) is 17.5. The topological polar surface area (TPSA) is 121 Å². The summed E-state index contributed by atoms with van der Waals surface area (Å²) in [6.45, 7) is 6.87. The molecular weight excluding hydrogens is 388 g/mol. The molecule has 0 aliphatic carbocycles. The molecule has 3 N–H and O–H groups in total. The predicted octanol–water partition coefficient (Wildman–Crippen LogP) is 0.936. The number of nitrogens with one attached hydrogen (secondary N) is 3. The van der Waals surface area contributed by atoms with Crippen molar-refractivity contribution in [1.82, 2.24) is 25.2 Å². The standard InChI is InChI=1S/C20H28N6O4/c1-5-17(27)26-7-6-14(15(10-26)30-4)24-16-9-22-19-18(25-16)13(8-21-19)20(28)23-12(2)11-29-3/h5,8-9,12,14-15H,1,6-7,10-11H2,2-4H3,(H,21,22)(H,23,28)(H,24,25)/t12?,14-,15+/m0/s1. The molecule has 0 spiro atoms. The molecule has 10 heteroatoms. The average molecular weight is 416 g/mol. The van der Waals surface area contributed by atoms with E-state index in [9.17, 15) is 9.59 Å². The number of rotatable bonds is 8. The number of hydrogen-bond donors (Lipinski definition) is 3. The molecule has 0 bridgehead atoms. The number of methoxy groups -OCH3 is 2. The fourth-order valence-corrected chi connectivity index (χ4v) is 3.57. The molecule has 3 atom stereocenters. The van der Waals surface area contributed by atoms with Crippen LogP contribution in [0.15, 0.2) is 25.0 Å². The zero-order chi connectivity index (χ0) is 21.7. The van der Waals surface area contributed by atoms with Gasteiger partial charge in [-0.05, 0) is 19.4 Å². The summed E-state index contributed by atoms with van der Waals surface area (Å²) in [4.78, 5) is 38.1. The van der Waals surface area contributed by atoms with Gasteiger partial charge >= 0.3 is 0 Å². The molecule has 1 saturated heterocycles. The Morgan fingerprint density at radius 3 is 2.97 bits per heavy atom. The number of amides is 2. The van der Waals surface area contributed by atoms with E-state index in [-0.39, 0.29) is 30.0 Å². The Kier molecular flexibility index (Phi) is 7.01. The largest absolute Gasteiger partial charge is 0.383 e. The fraction of sp³-hybridized carbons (Fsp3) is 0.500. The van der Waals surface area contributed by atoms with Crippen LogP contribution in [0.25, 0.3) is 11.2 Å². The second-order valence-electron chi connectivity index (χ2n) is 7.29. The third kappa shape index (κ3) is 4.77. The van der Waals surface area contributed by atoms with Crippen molar-refractivity contribution >= 4 is 28.8 Å². The van der Waals surface area contributed by atoms with E-state index in [4.69, 9.17) is 9.47 Å². The van der Waals surface area contributed by atoms with Crippen molar-refractivity contribution in [2.75, 3.05) is 39.2 Å². The molecular formula is C20H28N6O4. The van der Waals surface area contributed by atoms with Gasteiger partial charge in [-0.2, -0.15) is 0 Å². The van der Waals surface area contributed by atoms with Gasteiger partial charge in [0.1, 0.15) is 11.3 Å². The number of likely N-dealkylation sites (tertiary alicyclic amines) is 1. The number of aromatic amines is 1. The van der Waals surface area contributed by atoms with Crippen LogP contribution in [0, 0.1) is 0 Å². The average Bonchev–Trinajstić information content (AvgIpc) is 3.17. The van der Waals surface area contributed by atoms with E-state index in [0.29, 0.717) is 48.7 Å². The van der Waals surface area contributed by atoms with Crippen LogP contribution in [0.4, 0.5) is 5.82 Å². The highest BCUT2D eigenvalue weighted by Crippen LogP contribution is 2.21. The SMILES string of the molecule is C=CC(=O)N1CC[C@H](Nc2cnc3[nH]cc(C(=O)NC(C)COC)c3n2)[C@H](OC)C1. The molecule has 3 heterocycles. The quantitative estimate of drug-likeness (QED) is 0.548. The molecule has 1 fully saturated rings. The number of fused-ring (bicyclic) bond motifs is 1. The number of carbonyl (C=O) groups excluding carboxylic acids is 2. The Balaban J connectivity index is 1.74. The minimum atomic E-state index is -0.247. The van der Waals surface area contributed by atoms with Crippen LogP contribution in [0.3, 0.4) is 0 Å². The molecule has 2 aromatic rings. The zero-order valence-corrected chi connectivity index (χ0v) is 17.5. The third-order valence-corrected chi connectivity index (χ3v) is 5.10. The summed E-state index contributed by atoms with van der Waals surface area (Å²) in [5.41, 5.74) is 1.42. The lowest BCUT2D eigenvalue weighted by Crippen LogP contribution is -2.52. The number of aromatic nitrogens is 3. The van der Waals surface area contributed by atoms with E-state index < -0.39 is 0 Å². The number of anilines is 1. The maximum Gasteiger partial charge on any atom is 0.255 e. The van der Waals surface area contributed by atoms with E-state index >= 15 is 0 Å². The minimum absolute atomic E-state index is 0.0476. The highest BCUT2D eigenvalue weighted by Gasteiger charge is 2.31. The van der Waals surface area contributed by atoms with Gasteiger partial charge in [0.05, 0.1) is 30.5 Å². The van der Waals surface area contributed by atoms with E-state index in [0.717, 1.165) is 0 Å². The summed E-state index contributed by atoms with van der Waals surface area (Å²) in [6, 6.07) is -0.179. The van der Waals surface area contributed by atoms with Gasteiger partial charge in [0.25, 0.3) is 5.91 Å². The first kappa shape index (κ1) is 21.7. The van der Waals surface area contributed by atoms with Crippen molar-refractivity contribution in [3.05, 3.63) is 30.6 Å².